The van der Waals surface area contributed by atoms with Crippen LogP contribution in [0.2, 0.25) is 0 Å². The average molecular weight is 458 g/mol. The second-order valence-corrected chi connectivity index (χ2v) is 8.01. The maximum absolute atomic E-state index is 14.9. The molecule has 0 saturated carbocycles. The third kappa shape index (κ3) is 4.47. The van der Waals surface area contributed by atoms with Crippen LogP contribution in [0.15, 0.2) is 54.6 Å². The van der Waals surface area contributed by atoms with Crippen LogP contribution in [-0.4, -0.2) is 0 Å². The summed E-state index contributed by atoms with van der Waals surface area (Å²) in [6.07, 6.45) is 3.84. The van der Waals surface area contributed by atoms with Crippen molar-refractivity contribution in [2.24, 2.45) is 0 Å². The molecule has 33 heavy (non-hydrogen) atoms. The Morgan fingerprint density at radius 2 is 1.24 bits per heavy atom. The van der Waals surface area contributed by atoms with Gasteiger partial charge < -0.3 is 0 Å². The number of aryl methyl sites for hydroxylation is 1. The smallest absolute Gasteiger partial charge is 0.195 e. The Morgan fingerprint density at radius 1 is 0.576 bits per heavy atom. The van der Waals surface area contributed by atoms with Gasteiger partial charge in [0.05, 0.1) is 5.39 Å². The van der Waals surface area contributed by atoms with E-state index >= 15 is 0 Å². The highest BCUT2D eigenvalue weighted by Gasteiger charge is 2.19. The number of hydrogen-bond donors (Lipinski definition) is 0. The lowest BCUT2D eigenvalue weighted by Crippen LogP contribution is -1.96. The SMILES string of the molecule is CCCCCc1ccc(-c2ccc(-c3cc(F)c4c(F)c(F)c(F)cc4c3)c(F)c2)c(F)c1. The molecule has 0 heterocycles. The van der Waals surface area contributed by atoms with Crippen LogP contribution < -0.4 is 0 Å². The zero-order valence-corrected chi connectivity index (χ0v) is 17.8. The van der Waals surface area contributed by atoms with Crippen molar-refractivity contribution in [1.29, 1.82) is 0 Å². The average Bonchev–Trinajstić information content (AvgIpc) is 2.77. The Kier molecular flexibility index (Phi) is 6.45. The fourth-order valence-corrected chi connectivity index (χ4v) is 3.99. The van der Waals surface area contributed by atoms with Crippen LogP contribution in [0.25, 0.3) is 33.0 Å². The van der Waals surface area contributed by atoms with Gasteiger partial charge in [0.15, 0.2) is 17.5 Å². The summed E-state index contributed by atoms with van der Waals surface area (Å²) in [5.41, 5.74) is 1.37. The molecule has 4 aromatic rings. The van der Waals surface area contributed by atoms with Crippen molar-refractivity contribution >= 4 is 10.8 Å². The molecule has 0 atom stereocenters. The summed E-state index contributed by atoms with van der Waals surface area (Å²) in [6, 6.07) is 11.5. The number of hydrogen-bond acceptors (Lipinski definition) is 0. The van der Waals surface area contributed by atoms with E-state index in [-0.39, 0.29) is 22.1 Å². The van der Waals surface area contributed by atoms with Crippen molar-refractivity contribution in [2.45, 2.75) is 32.6 Å². The molecule has 0 aliphatic carbocycles. The second kappa shape index (κ2) is 9.30. The summed E-state index contributed by atoms with van der Waals surface area (Å²) < 4.78 is 85.1. The summed E-state index contributed by atoms with van der Waals surface area (Å²) in [7, 11) is 0. The molecule has 4 aromatic carbocycles. The molecule has 170 valence electrons. The molecule has 0 N–H and O–H groups in total. The van der Waals surface area contributed by atoms with Crippen LogP contribution in [0.5, 0.6) is 0 Å². The normalized spacial score (nSPS) is 11.4. The minimum absolute atomic E-state index is 0.0150. The summed E-state index contributed by atoms with van der Waals surface area (Å²) in [5, 5.41) is -0.953. The first kappa shape index (κ1) is 22.9. The zero-order chi connectivity index (χ0) is 23.7. The van der Waals surface area contributed by atoms with E-state index in [1.165, 1.54) is 24.3 Å². The first-order chi connectivity index (χ1) is 15.8. The van der Waals surface area contributed by atoms with Gasteiger partial charge in [-0.15, -0.1) is 0 Å². The topological polar surface area (TPSA) is 0 Å². The van der Waals surface area contributed by atoms with E-state index in [4.69, 9.17) is 0 Å². The first-order valence-corrected chi connectivity index (χ1v) is 10.7. The van der Waals surface area contributed by atoms with Crippen molar-refractivity contribution in [2.75, 3.05) is 0 Å². The molecule has 0 aliphatic heterocycles. The highest BCUT2D eigenvalue weighted by molar-refractivity contribution is 5.89. The molecule has 0 aromatic heterocycles. The number of unbranched alkanes of at least 4 members (excludes halogenated alkanes) is 2. The van der Waals surface area contributed by atoms with E-state index in [1.807, 2.05) is 0 Å². The van der Waals surface area contributed by atoms with Crippen LogP contribution in [0.3, 0.4) is 0 Å². The van der Waals surface area contributed by atoms with E-state index in [1.54, 1.807) is 12.1 Å². The molecular weight excluding hydrogens is 438 g/mol. The highest BCUT2D eigenvalue weighted by atomic mass is 19.2. The summed E-state index contributed by atoms with van der Waals surface area (Å²) in [4.78, 5) is 0. The van der Waals surface area contributed by atoms with E-state index in [0.29, 0.717) is 11.6 Å². The predicted molar refractivity (Wildman–Crippen MR) is 118 cm³/mol. The van der Waals surface area contributed by atoms with Crippen molar-refractivity contribution < 1.29 is 26.3 Å². The molecule has 0 fully saturated rings. The van der Waals surface area contributed by atoms with Crippen molar-refractivity contribution in [3.05, 3.63) is 95.1 Å². The van der Waals surface area contributed by atoms with Gasteiger partial charge >= 0.3 is 0 Å². The van der Waals surface area contributed by atoms with Crippen LogP contribution in [0.1, 0.15) is 31.7 Å². The minimum Gasteiger partial charge on any atom is -0.206 e. The van der Waals surface area contributed by atoms with Gasteiger partial charge in [0.25, 0.3) is 0 Å². The third-order valence-corrected chi connectivity index (χ3v) is 5.72. The monoisotopic (exact) mass is 458 g/mol. The van der Waals surface area contributed by atoms with E-state index in [9.17, 15) is 26.3 Å². The van der Waals surface area contributed by atoms with Gasteiger partial charge in [-0.05, 0) is 65.3 Å². The maximum atomic E-state index is 14.9. The Hall–Kier alpha value is -3.28. The van der Waals surface area contributed by atoms with Gasteiger partial charge in [0.2, 0.25) is 0 Å². The fraction of sp³-hybridized carbons (Fsp3) is 0.185. The third-order valence-electron chi connectivity index (χ3n) is 5.72. The second-order valence-electron chi connectivity index (χ2n) is 8.01. The molecule has 0 radical (unpaired) electrons. The predicted octanol–water partition coefficient (Wildman–Crippen LogP) is 8.74. The molecule has 0 saturated heterocycles. The van der Waals surface area contributed by atoms with Gasteiger partial charge in [-0.25, -0.2) is 26.3 Å². The zero-order valence-electron chi connectivity index (χ0n) is 17.8. The Balaban J connectivity index is 1.70. The van der Waals surface area contributed by atoms with Crippen LogP contribution >= 0.6 is 0 Å². The summed E-state index contributed by atoms with van der Waals surface area (Å²) >= 11 is 0. The molecule has 4 rings (SSSR count). The van der Waals surface area contributed by atoms with Crippen molar-refractivity contribution in [3.63, 3.8) is 0 Å². The summed E-state index contributed by atoms with van der Waals surface area (Å²) in [5.74, 6) is -7.27. The lowest BCUT2D eigenvalue weighted by atomic mass is 9.96. The summed E-state index contributed by atoms with van der Waals surface area (Å²) in [6.45, 7) is 2.09. The van der Waals surface area contributed by atoms with Crippen LogP contribution in [0, 0.1) is 34.9 Å². The largest absolute Gasteiger partial charge is 0.206 e. The number of rotatable bonds is 6. The van der Waals surface area contributed by atoms with E-state index in [0.717, 1.165) is 43.4 Å². The molecule has 0 aliphatic rings. The molecule has 6 heteroatoms. The van der Waals surface area contributed by atoms with Crippen LogP contribution in [0.4, 0.5) is 26.3 Å². The molecule has 0 bridgehead atoms. The van der Waals surface area contributed by atoms with Gasteiger partial charge in [0.1, 0.15) is 17.5 Å². The van der Waals surface area contributed by atoms with E-state index in [2.05, 4.69) is 6.92 Å². The quantitative estimate of drug-likeness (QED) is 0.154. The number of fused-ring (bicyclic) bond motifs is 1. The molecular formula is C27H20F6. The minimum atomic E-state index is -1.77. The van der Waals surface area contributed by atoms with Crippen molar-refractivity contribution in [1.82, 2.24) is 0 Å². The molecule has 0 spiro atoms. The van der Waals surface area contributed by atoms with Gasteiger partial charge in [0, 0.05) is 11.1 Å². The standard InChI is InChI=1S/C27H20F6/c1-2-3-4-5-15-6-8-19(21(28)10-15)16-7-9-20(22(29)12-16)17-11-18-14-24(31)26(32)27(33)25(18)23(30)13-17/h6-14H,2-5H2,1H3. The highest BCUT2D eigenvalue weighted by Crippen LogP contribution is 2.34. The Bertz CT molecular complexity index is 1340. The molecule has 0 unspecified atom stereocenters. The Labute approximate surface area is 187 Å². The first-order valence-electron chi connectivity index (χ1n) is 10.7. The number of halogens is 6. The molecule has 0 amide bonds. The Morgan fingerprint density at radius 3 is 1.94 bits per heavy atom. The molecule has 0 nitrogen and oxygen atoms in total. The lowest BCUT2D eigenvalue weighted by Gasteiger charge is -2.11. The lowest BCUT2D eigenvalue weighted by molar-refractivity contribution is 0.451. The van der Waals surface area contributed by atoms with Gasteiger partial charge in [-0.3, -0.25) is 0 Å². The van der Waals surface area contributed by atoms with Gasteiger partial charge in [-0.1, -0.05) is 44.0 Å². The van der Waals surface area contributed by atoms with Crippen molar-refractivity contribution in [3.8, 4) is 22.3 Å². The van der Waals surface area contributed by atoms with E-state index < -0.39 is 40.3 Å². The maximum Gasteiger partial charge on any atom is 0.195 e. The van der Waals surface area contributed by atoms with Gasteiger partial charge in [-0.2, -0.15) is 0 Å². The fourth-order valence-electron chi connectivity index (χ4n) is 3.99. The van der Waals surface area contributed by atoms with Crippen LogP contribution in [-0.2, 0) is 6.42 Å². The number of benzene rings is 4.